The van der Waals surface area contributed by atoms with Crippen molar-refractivity contribution >= 4 is 15.9 Å². The normalized spacial score (nSPS) is 11.3. The van der Waals surface area contributed by atoms with E-state index in [1.54, 1.807) is 12.1 Å². The van der Waals surface area contributed by atoms with Crippen molar-refractivity contribution in [1.29, 1.82) is 0 Å². The van der Waals surface area contributed by atoms with Crippen LogP contribution in [0.5, 0.6) is 0 Å². The van der Waals surface area contributed by atoms with E-state index in [-0.39, 0.29) is 5.82 Å². The maximum atomic E-state index is 13.2. The highest BCUT2D eigenvalue weighted by Gasteiger charge is 2.15. The number of aryl methyl sites for hydroxylation is 2. The largest absolute Gasteiger partial charge is 0.296 e. The lowest BCUT2D eigenvalue weighted by molar-refractivity contribution is 0.306. The van der Waals surface area contributed by atoms with Gasteiger partial charge in [0.25, 0.3) is 0 Å². The number of rotatable bonds is 6. The van der Waals surface area contributed by atoms with E-state index in [9.17, 15) is 4.39 Å². The maximum absolute atomic E-state index is 13.2. The van der Waals surface area contributed by atoms with Crippen LogP contribution in [0.2, 0.25) is 0 Å². The summed E-state index contributed by atoms with van der Waals surface area (Å²) in [5.74, 6) is -0.186. The summed E-state index contributed by atoms with van der Waals surface area (Å²) in [5, 5.41) is 4.60. The summed E-state index contributed by atoms with van der Waals surface area (Å²) < 4.78 is 16.4. The summed E-state index contributed by atoms with van der Waals surface area (Å²) in [4.78, 5) is 2.17. The average molecular weight is 354 g/mol. The number of hydrogen-bond acceptors (Lipinski definition) is 2. The molecule has 0 unspecified atom stereocenters. The van der Waals surface area contributed by atoms with Crippen LogP contribution in [0.1, 0.15) is 30.8 Å². The Morgan fingerprint density at radius 1 is 1.29 bits per heavy atom. The number of hydrogen-bond donors (Lipinski definition) is 0. The van der Waals surface area contributed by atoms with Gasteiger partial charge in [-0.2, -0.15) is 5.10 Å². The molecule has 0 amide bonds. The summed E-state index contributed by atoms with van der Waals surface area (Å²) in [6.07, 6.45) is 0.911. The lowest BCUT2D eigenvalue weighted by Gasteiger charge is -2.17. The van der Waals surface area contributed by atoms with Crippen LogP contribution < -0.4 is 0 Å². The van der Waals surface area contributed by atoms with Crippen molar-refractivity contribution in [3.8, 4) is 0 Å². The number of halogens is 2. The Labute approximate surface area is 133 Å². The minimum absolute atomic E-state index is 0.186. The van der Waals surface area contributed by atoms with E-state index in [1.807, 2.05) is 17.8 Å². The predicted molar refractivity (Wildman–Crippen MR) is 86.6 cm³/mol. The predicted octanol–water partition coefficient (Wildman–Crippen LogP) is 4.00. The van der Waals surface area contributed by atoms with Crippen molar-refractivity contribution in [2.45, 2.75) is 39.9 Å². The molecule has 0 fully saturated rings. The minimum Gasteiger partial charge on any atom is -0.296 e. The first-order chi connectivity index (χ1) is 10.0. The molecule has 0 atom stereocenters. The zero-order valence-electron chi connectivity index (χ0n) is 12.7. The van der Waals surface area contributed by atoms with Crippen molar-refractivity contribution < 1.29 is 4.39 Å². The molecule has 1 aromatic carbocycles. The molecule has 1 heterocycles. The SMILES string of the molecule is CCc1nn(CC)c(CN(C)Cc2cccc(F)c2)c1Br. The molecule has 0 aliphatic rings. The fourth-order valence-corrected chi connectivity index (χ4v) is 3.12. The Hall–Kier alpha value is -1.20. The third-order valence-corrected chi connectivity index (χ3v) is 4.37. The van der Waals surface area contributed by atoms with Gasteiger partial charge in [-0.25, -0.2) is 4.39 Å². The van der Waals surface area contributed by atoms with E-state index in [2.05, 4.69) is 39.8 Å². The van der Waals surface area contributed by atoms with E-state index in [0.29, 0.717) is 6.54 Å². The van der Waals surface area contributed by atoms with Crippen molar-refractivity contribution in [3.63, 3.8) is 0 Å². The van der Waals surface area contributed by atoms with Gasteiger partial charge in [-0.05, 0) is 54.0 Å². The highest BCUT2D eigenvalue weighted by molar-refractivity contribution is 9.10. The zero-order valence-corrected chi connectivity index (χ0v) is 14.3. The Bertz CT molecular complexity index is 610. The maximum Gasteiger partial charge on any atom is 0.123 e. The Morgan fingerprint density at radius 3 is 2.67 bits per heavy atom. The molecule has 0 aliphatic heterocycles. The molecule has 3 nitrogen and oxygen atoms in total. The molecule has 2 rings (SSSR count). The summed E-state index contributed by atoms with van der Waals surface area (Å²) in [6, 6.07) is 6.75. The molecule has 2 aromatic rings. The second kappa shape index (κ2) is 7.18. The molecule has 1 aromatic heterocycles. The Kier molecular flexibility index (Phi) is 5.53. The second-order valence-electron chi connectivity index (χ2n) is 5.18. The quantitative estimate of drug-likeness (QED) is 0.782. The van der Waals surface area contributed by atoms with E-state index < -0.39 is 0 Å². The molecule has 0 N–H and O–H groups in total. The van der Waals surface area contributed by atoms with Gasteiger partial charge in [-0.1, -0.05) is 19.1 Å². The van der Waals surface area contributed by atoms with Crippen LogP contribution in [0.3, 0.4) is 0 Å². The standard InChI is InChI=1S/C16H21BrFN3/c1-4-14-16(17)15(21(5-2)19-14)11-20(3)10-12-7-6-8-13(18)9-12/h6-9H,4-5,10-11H2,1-3H3. The van der Waals surface area contributed by atoms with Crippen LogP contribution in [0.4, 0.5) is 4.39 Å². The van der Waals surface area contributed by atoms with Crippen LogP contribution in [0, 0.1) is 5.82 Å². The molecule has 0 saturated carbocycles. The van der Waals surface area contributed by atoms with E-state index >= 15 is 0 Å². The van der Waals surface area contributed by atoms with Gasteiger partial charge in [0.1, 0.15) is 5.82 Å². The van der Waals surface area contributed by atoms with Crippen molar-refractivity contribution in [2.24, 2.45) is 0 Å². The summed E-state index contributed by atoms with van der Waals surface area (Å²) in [7, 11) is 2.04. The first-order valence-corrected chi connectivity index (χ1v) is 8.01. The van der Waals surface area contributed by atoms with Gasteiger partial charge in [0, 0.05) is 19.6 Å². The minimum atomic E-state index is -0.186. The molecule has 0 spiro atoms. The van der Waals surface area contributed by atoms with Gasteiger partial charge in [0.05, 0.1) is 15.9 Å². The monoisotopic (exact) mass is 353 g/mol. The fourth-order valence-electron chi connectivity index (χ4n) is 2.43. The van der Waals surface area contributed by atoms with Gasteiger partial charge in [-0.3, -0.25) is 9.58 Å². The summed E-state index contributed by atoms with van der Waals surface area (Å²) >= 11 is 3.66. The van der Waals surface area contributed by atoms with Gasteiger partial charge >= 0.3 is 0 Å². The smallest absolute Gasteiger partial charge is 0.123 e. The molecule has 0 bridgehead atoms. The molecule has 0 radical (unpaired) electrons. The average Bonchev–Trinajstić information content (AvgIpc) is 2.75. The number of aromatic nitrogens is 2. The third-order valence-electron chi connectivity index (χ3n) is 3.46. The molecule has 5 heteroatoms. The van der Waals surface area contributed by atoms with Crippen LogP contribution in [-0.4, -0.2) is 21.7 Å². The summed E-state index contributed by atoms with van der Waals surface area (Å²) in [6.45, 7) is 6.53. The van der Waals surface area contributed by atoms with E-state index in [0.717, 1.165) is 35.2 Å². The van der Waals surface area contributed by atoms with E-state index in [1.165, 1.54) is 11.8 Å². The van der Waals surface area contributed by atoms with Gasteiger partial charge < -0.3 is 0 Å². The second-order valence-corrected chi connectivity index (χ2v) is 5.97. The highest BCUT2D eigenvalue weighted by atomic mass is 79.9. The van der Waals surface area contributed by atoms with Gasteiger partial charge in [0.15, 0.2) is 0 Å². The topological polar surface area (TPSA) is 21.1 Å². The molecule has 0 aliphatic carbocycles. The molecule has 0 saturated heterocycles. The Morgan fingerprint density at radius 2 is 2.05 bits per heavy atom. The first-order valence-electron chi connectivity index (χ1n) is 7.22. The molecular formula is C16H21BrFN3. The van der Waals surface area contributed by atoms with Crippen LogP contribution in [0.15, 0.2) is 28.7 Å². The van der Waals surface area contributed by atoms with Crippen molar-refractivity contribution in [1.82, 2.24) is 14.7 Å². The van der Waals surface area contributed by atoms with Crippen LogP contribution in [0.25, 0.3) is 0 Å². The molecular weight excluding hydrogens is 333 g/mol. The highest BCUT2D eigenvalue weighted by Crippen LogP contribution is 2.24. The van der Waals surface area contributed by atoms with Crippen LogP contribution >= 0.6 is 15.9 Å². The lowest BCUT2D eigenvalue weighted by Crippen LogP contribution is -2.20. The van der Waals surface area contributed by atoms with Crippen molar-refractivity contribution in [3.05, 3.63) is 51.5 Å². The van der Waals surface area contributed by atoms with Crippen molar-refractivity contribution in [2.75, 3.05) is 7.05 Å². The van der Waals surface area contributed by atoms with Gasteiger partial charge in [-0.15, -0.1) is 0 Å². The molecule has 114 valence electrons. The Balaban J connectivity index is 2.12. The van der Waals surface area contributed by atoms with E-state index in [4.69, 9.17) is 0 Å². The lowest BCUT2D eigenvalue weighted by atomic mass is 10.2. The fraction of sp³-hybridized carbons (Fsp3) is 0.438. The number of nitrogens with zero attached hydrogens (tertiary/aromatic N) is 3. The third kappa shape index (κ3) is 3.92. The summed E-state index contributed by atoms with van der Waals surface area (Å²) in [5.41, 5.74) is 3.24. The first kappa shape index (κ1) is 16.2. The zero-order chi connectivity index (χ0) is 15.4. The number of benzene rings is 1. The molecule has 21 heavy (non-hydrogen) atoms. The van der Waals surface area contributed by atoms with Gasteiger partial charge in [0.2, 0.25) is 0 Å². The van der Waals surface area contributed by atoms with Crippen LogP contribution in [-0.2, 0) is 26.1 Å².